The molecule has 2 nitrogen and oxygen atoms in total. The molecule has 0 radical (unpaired) electrons. The molecule has 0 saturated carbocycles. The molecule has 0 aliphatic rings. The molecule has 0 saturated heterocycles. The number of hydrogen-bond acceptors (Lipinski definition) is 1. The zero-order valence-electron chi connectivity index (χ0n) is 12.7. The van der Waals surface area contributed by atoms with Crippen molar-refractivity contribution in [2.24, 2.45) is 0 Å². The highest BCUT2D eigenvalue weighted by atomic mass is 19.1. The molecule has 2 rings (SSSR count). The van der Waals surface area contributed by atoms with Crippen LogP contribution in [0, 0.1) is 12.7 Å². The van der Waals surface area contributed by atoms with E-state index in [9.17, 15) is 4.39 Å². The minimum absolute atomic E-state index is 0.0981. The van der Waals surface area contributed by atoms with Crippen molar-refractivity contribution in [1.29, 1.82) is 0 Å². The number of aromatic nitrogens is 1. The maximum absolute atomic E-state index is 13.1. The molecule has 0 atom stereocenters. The van der Waals surface area contributed by atoms with Crippen molar-refractivity contribution in [3.05, 3.63) is 59.2 Å². The number of halogens is 1. The predicted molar refractivity (Wildman–Crippen MR) is 81.3 cm³/mol. The van der Waals surface area contributed by atoms with Gasteiger partial charge in [0.15, 0.2) is 0 Å². The largest absolute Gasteiger partial charge is 0.346 e. The van der Waals surface area contributed by atoms with E-state index in [4.69, 9.17) is 0 Å². The Morgan fingerprint density at radius 1 is 1.20 bits per heavy atom. The van der Waals surface area contributed by atoms with Gasteiger partial charge < -0.3 is 9.88 Å². The SMILES string of the molecule is Cc1cc(F)ccc1Cn1cccc1CNC(C)(C)C. The summed E-state index contributed by atoms with van der Waals surface area (Å²) in [5, 5.41) is 3.49. The van der Waals surface area contributed by atoms with Crippen molar-refractivity contribution < 1.29 is 4.39 Å². The van der Waals surface area contributed by atoms with Gasteiger partial charge in [-0.1, -0.05) is 6.07 Å². The highest BCUT2D eigenvalue weighted by Crippen LogP contribution is 2.14. The van der Waals surface area contributed by atoms with Crippen LogP contribution in [0.25, 0.3) is 0 Å². The molecule has 0 spiro atoms. The first-order valence-electron chi connectivity index (χ1n) is 6.99. The fourth-order valence-electron chi connectivity index (χ4n) is 2.14. The lowest BCUT2D eigenvalue weighted by Crippen LogP contribution is -2.35. The first kappa shape index (κ1) is 14.8. The maximum atomic E-state index is 13.1. The number of hydrogen-bond donors (Lipinski definition) is 1. The first-order valence-corrected chi connectivity index (χ1v) is 6.99. The molecule has 1 aromatic heterocycles. The van der Waals surface area contributed by atoms with E-state index in [1.807, 2.05) is 13.0 Å². The Hall–Kier alpha value is -1.61. The van der Waals surface area contributed by atoms with Crippen molar-refractivity contribution in [2.45, 2.75) is 46.3 Å². The number of aryl methyl sites for hydroxylation is 1. The summed E-state index contributed by atoms with van der Waals surface area (Å²) in [6.45, 7) is 10.0. The Morgan fingerprint density at radius 2 is 1.95 bits per heavy atom. The van der Waals surface area contributed by atoms with E-state index >= 15 is 0 Å². The van der Waals surface area contributed by atoms with Crippen molar-refractivity contribution >= 4 is 0 Å². The molecule has 0 aliphatic heterocycles. The van der Waals surface area contributed by atoms with Gasteiger partial charge in [-0.2, -0.15) is 0 Å². The molecule has 1 heterocycles. The van der Waals surface area contributed by atoms with Gasteiger partial charge >= 0.3 is 0 Å². The second-order valence-corrected chi connectivity index (χ2v) is 6.30. The Morgan fingerprint density at radius 3 is 2.60 bits per heavy atom. The predicted octanol–water partition coefficient (Wildman–Crippen LogP) is 3.87. The molecule has 0 aliphatic carbocycles. The average molecular weight is 274 g/mol. The summed E-state index contributed by atoms with van der Waals surface area (Å²) in [6, 6.07) is 9.16. The topological polar surface area (TPSA) is 17.0 Å². The van der Waals surface area contributed by atoms with Gasteiger partial charge in [-0.05, 0) is 63.1 Å². The van der Waals surface area contributed by atoms with E-state index in [0.717, 1.165) is 24.2 Å². The molecule has 2 aromatic rings. The van der Waals surface area contributed by atoms with Crippen LogP contribution < -0.4 is 5.32 Å². The van der Waals surface area contributed by atoms with E-state index in [1.165, 1.54) is 11.8 Å². The highest BCUT2D eigenvalue weighted by molar-refractivity contribution is 5.27. The maximum Gasteiger partial charge on any atom is 0.123 e. The summed E-state index contributed by atoms with van der Waals surface area (Å²) in [7, 11) is 0. The monoisotopic (exact) mass is 274 g/mol. The fourth-order valence-corrected chi connectivity index (χ4v) is 2.14. The van der Waals surface area contributed by atoms with Crippen LogP contribution in [0.3, 0.4) is 0 Å². The third-order valence-electron chi connectivity index (χ3n) is 3.37. The smallest absolute Gasteiger partial charge is 0.123 e. The third kappa shape index (κ3) is 3.94. The van der Waals surface area contributed by atoms with Gasteiger partial charge in [0.05, 0.1) is 0 Å². The summed E-state index contributed by atoms with van der Waals surface area (Å²) in [4.78, 5) is 0. The lowest BCUT2D eigenvalue weighted by Gasteiger charge is -2.21. The number of rotatable bonds is 4. The Kier molecular flexibility index (Phi) is 4.29. The summed E-state index contributed by atoms with van der Waals surface area (Å²) < 4.78 is 15.3. The summed E-state index contributed by atoms with van der Waals surface area (Å²) >= 11 is 0. The minimum atomic E-state index is -0.173. The van der Waals surface area contributed by atoms with Gasteiger partial charge in [-0.15, -0.1) is 0 Å². The molecule has 0 unspecified atom stereocenters. The van der Waals surface area contributed by atoms with Gasteiger partial charge in [0.2, 0.25) is 0 Å². The first-order chi connectivity index (χ1) is 9.35. The van der Waals surface area contributed by atoms with Crippen molar-refractivity contribution in [1.82, 2.24) is 9.88 Å². The summed E-state index contributed by atoms with van der Waals surface area (Å²) in [5.41, 5.74) is 3.48. The van der Waals surface area contributed by atoms with Gasteiger partial charge in [0.25, 0.3) is 0 Å². The van der Waals surface area contributed by atoms with Gasteiger partial charge in [-0.3, -0.25) is 0 Å². The lowest BCUT2D eigenvalue weighted by atomic mass is 10.1. The molecular weight excluding hydrogens is 251 g/mol. The second-order valence-electron chi connectivity index (χ2n) is 6.30. The van der Waals surface area contributed by atoms with Crippen LogP contribution in [0.1, 0.15) is 37.6 Å². The van der Waals surface area contributed by atoms with E-state index < -0.39 is 0 Å². The van der Waals surface area contributed by atoms with Crippen LogP contribution in [0.4, 0.5) is 4.39 Å². The van der Waals surface area contributed by atoms with Crippen LogP contribution in [-0.2, 0) is 13.1 Å². The lowest BCUT2D eigenvalue weighted by molar-refractivity contribution is 0.417. The molecule has 1 N–H and O–H groups in total. The Labute approximate surface area is 120 Å². The normalized spacial score (nSPS) is 11.8. The highest BCUT2D eigenvalue weighted by Gasteiger charge is 2.10. The molecular formula is C17H23FN2. The quantitative estimate of drug-likeness (QED) is 0.895. The summed E-state index contributed by atoms with van der Waals surface area (Å²) in [6.07, 6.45) is 2.07. The molecule has 108 valence electrons. The van der Waals surface area contributed by atoms with E-state index in [1.54, 1.807) is 6.07 Å². The van der Waals surface area contributed by atoms with Crippen LogP contribution in [-0.4, -0.2) is 10.1 Å². The molecule has 1 aromatic carbocycles. The van der Waals surface area contributed by atoms with Crippen molar-refractivity contribution in [2.75, 3.05) is 0 Å². The third-order valence-corrected chi connectivity index (χ3v) is 3.37. The van der Waals surface area contributed by atoms with E-state index in [-0.39, 0.29) is 11.4 Å². The number of nitrogens with zero attached hydrogens (tertiary/aromatic N) is 1. The molecule has 20 heavy (non-hydrogen) atoms. The van der Waals surface area contributed by atoms with Gasteiger partial charge in [-0.25, -0.2) is 4.39 Å². The second kappa shape index (κ2) is 5.80. The Balaban J connectivity index is 2.12. The van der Waals surface area contributed by atoms with Gasteiger partial charge in [0, 0.05) is 30.5 Å². The molecule has 0 amide bonds. The molecule has 0 fully saturated rings. The van der Waals surface area contributed by atoms with Gasteiger partial charge in [0.1, 0.15) is 5.82 Å². The number of nitrogens with one attached hydrogen (secondary N) is 1. The molecule has 0 bridgehead atoms. The summed E-state index contributed by atoms with van der Waals surface area (Å²) in [5.74, 6) is -0.173. The van der Waals surface area contributed by atoms with Crippen LogP contribution in [0.2, 0.25) is 0 Å². The standard InChI is InChI=1S/C17H23FN2/c1-13-10-15(18)8-7-14(13)12-20-9-5-6-16(20)11-19-17(2,3)4/h5-10,19H,11-12H2,1-4H3. The average Bonchev–Trinajstić information content (AvgIpc) is 2.77. The van der Waals surface area contributed by atoms with Crippen molar-refractivity contribution in [3.8, 4) is 0 Å². The van der Waals surface area contributed by atoms with Crippen LogP contribution in [0.5, 0.6) is 0 Å². The fraction of sp³-hybridized carbons (Fsp3) is 0.412. The van der Waals surface area contributed by atoms with Crippen LogP contribution >= 0.6 is 0 Å². The zero-order chi connectivity index (χ0) is 14.8. The van der Waals surface area contributed by atoms with Crippen LogP contribution in [0.15, 0.2) is 36.5 Å². The van der Waals surface area contributed by atoms with E-state index in [2.05, 4.69) is 49.0 Å². The number of benzene rings is 1. The Bertz CT molecular complexity index is 579. The van der Waals surface area contributed by atoms with Crippen molar-refractivity contribution in [3.63, 3.8) is 0 Å². The van der Waals surface area contributed by atoms with E-state index in [0.29, 0.717) is 0 Å². The molecule has 3 heteroatoms. The minimum Gasteiger partial charge on any atom is -0.346 e. The zero-order valence-corrected chi connectivity index (χ0v) is 12.7.